The lowest BCUT2D eigenvalue weighted by Crippen LogP contribution is -2.70. The first-order valence-corrected chi connectivity index (χ1v) is 15.3. The number of likely N-dealkylation sites (N-methyl/N-ethyl adjacent to an activating group) is 1. The standard InChI is InChI=1S/C32H44N4O8/c1-6-7-12-36(16-10-13-35(5)14-11-16)18-9-8-17-15(2)19-21(26(38)20(17)25(18)37)29(41)32(44)23(27(19)39)24(34(3)4)28(40)22(30(32)42)31(33)43/h8-9,15-16,19,23-24,27,37-39,42,44H,6-7,10-14H2,1-5H3,(H2,33,43). The number of piperidine rings is 1. The minimum atomic E-state index is -2.93. The number of fused-ring (bicyclic) bond motifs is 3. The summed E-state index contributed by atoms with van der Waals surface area (Å²) in [4.78, 5) is 45.6. The highest BCUT2D eigenvalue weighted by atomic mass is 16.4. The van der Waals surface area contributed by atoms with Gasteiger partial charge in [0, 0.05) is 24.1 Å². The number of unbranched alkanes of at least 4 members (excludes halogenated alkanes) is 1. The average Bonchev–Trinajstić information content (AvgIpc) is 2.96. The highest BCUT2D eigenvalue weighted by Crippen LogP contribution is 2.57. The normalized spacial score (nSPS) is 31.2. The Bertz CT molecular complexity index is 1450. The Morgan fingerprint density at radius 3 is 2.34 bits per heavy atom. The molecule has 5 rings (SSSR count). The summed E-state index contributed by atoms with van der Waals surface area (Å²) in [5, 5.41) is 58.4. The molecule has 6 atom stereocenters. The molecular formula is C32H44N4O8. The maximum absolute atomic E-state index is 14.3. The van der Waals surface area contributed by atoms with Gasteiger partial charge in [-0.3, -0.25) is 19.3 Å². The summed E-state index contributed by atoms with van der Waals surface area (Å²) in [6.07, 6.45) is 1.98. The smallest absolute Gasteiger partial charge is 0.255 e. The first-order valence-electron chi connectivity index (χ1n) is 15.3. The zero-order valence-electron chi connectivity index (χ0n) is 25.9. The Kier molecular flexibility index (Phi) is 8.34. The number of hydrogen-bond acceptors (Lipinski definition) is 11. The molecule has 1 saturated carbocycles. The predicted molar refractivity (Wildman–Crippen MR) is 163 cm³/mol. The maximum atomic E-state index is 14.3. The minimum absolute atomic E-state index is 0.0212. The van der Waals surface area contributed by atoms with Crippen LogP contribution in [0.15, 0.2) is 29.0 Å². The maximum Gasteiger partial charge on any atom is 0.255 e. The van der Waals surface area contributed by atoms with E-state index in [0.717, 1.165) is 38.8 Å². The second-order valence-electron chi connectivity index (χ2n) is 13.0. The van der Waals surface area contributed by atoms with Gasteiger partial charge in [0.1, 0.15) is 22.8 Å². The van der Waals surface area contributed by atoms with Crippen molar-refractivity contribution in [2.45, 2.75) is 69.2 Å². The summed E-state index contributed by atoms with van der Waals surface area (Å²) in [6, 6.07) is 2.37. The van der Waals surface area contributed by atoms with Gasteiger partial charge in [-0.1, -0.05) is 26.3 Å². The van der Waals surface area contributed by atoms with Crippen molar-refractivity contribution in [1.82, 2.24) is 9.80 Å². The number of anilines is 1. The highest BCUT2D eigenvalue weighted by Gasteiger charge is 2.68. The van der Waals surface area contributed by atoms with Crippen LogP contribution in [0.1, 0.15) is 56.6 Å². The van der Waals surface area contributed by atoms with Gasteiger partial charge in [-0.2, -0.15) is 0 Å². The third kappa shape index (κ3) is 4.53. The molecule has 12 heteroatoms. The molecule has 1 aromatic rings. The molecular weight excluding hydrogens is 568 g/mol. The molecule has 0 bridgehead atoms. The van der Waals surface area contributed by atoms with E-state index in [9.17, 15) is 39.9 Å². The van der Waals surface area contributed by atoms with E-state index in [4.69, 9.17) is 5.73 Å². The van der Waals surface area contributed by atoms with Gasteiger partial charge >= 0.3 is 0 Å². The van der Waals surface area contributed by atoms with Crippen LogP contribution in [0.4, 0.5) is 5.69 Å². The molecule has 44 heavy (non-hydrogen) atoms. The molecule has 0 spiro atoms. The molecule has 0 aromatic heterocycles. The molecule has 240 valence electrons. The molecule has 12 nitrogen and oxygen atoms in total. The first-order chi connectivity index (χ1) is 20.7. The fourth-order valence-electron chi connectivity index (χ4n) is 7.97. The van der Waals surface area contributed by atoms with Crippen LogP contribution in [0.3, 0.4) is 0 Å². The number of primary amides is 1. The Morgan fingerprint density at radius 2 is 1.77 bits per heavy atom. The summed E-state index contributed by atoms with van der Waals surface area (Å²) in [7, 11) is 5.04. The van der Waals surface area contributed by atoms with E-state index in [1.165, 1.54) is 19.0 Å². The number of carbonyl (C=O) groups is 3. The molecule has 1 heterocycles. The van der Waals surface area contributed by atoms with Crippen molar-refractivity contribution >= 4 is 28.9 Å². The van der Waals surface area contributed by atoms with Crippen molar-refractivity contribution in [3.63, 3.8) is 0 Å². The third-order valence-corrected chi connectivity index (χ3v) is 10.3. The molecule has 1 aliphatic heterocycles. The molecule has 4 aliphatic rings. The van der Waals surface area contributed by atoms with Crippen LogP contribution in [-0.2, 0) is 14.4 Å². The summed E-state index contributed by atoms with van der Waals surface area (Å²) in [5.74, 6) is -8.81. The molecule has 6 unspecified atom stereocenters. The van der Waals surface area contributed by atoms with Crippen LogP contribution in [0.2, 0.25) is 0 Å². The number of likely N-dealkylation sites (tertiary alicyclic amines) is 1. The number of amides is 1. The topological polar surface area (TPSA) is 188 Å². The second kappa shape index (κ2) is 11.5. The van der Waals surface area contributed by atoms with E-state index in [2.05, 4.69) is 23.8 Å². The van der Waals surface area contributed by atoms with Crippen LogP contribution in [0.25, 0.3) is 5.76 Å². The van der Waals surface area contributed by atoms with Gasteiger partial charge in [0.25, 0.3) is 5.91 Å². The number of phenols is 1. The zero-order chi connectivity index (χ0) is 32.4. The number of nitrogens with zero attached hydrogens (tertiary/aromatic N) is 3. The van der Waals surface area contributed by atoms with Crippen molar-refractivity contribution in [3.8, 4) is 5.75 Å². The molecule has 7 N–H and O–H groups in total. The number of carbonyl (C=O) groups excluding carboxylic acids is 3. The number of hydrogen-bond donors (Lipinski definition) is 6. The third-order valence-electron chi connectivity index (χ3n) is 10.3. The zero-order valence-corrected chi connectivity index (χ0v) is 25.9. The van der Waals surface area contributed by atoms with Gasteiger partial charge in [-0.15, -0.1) is 0 Å². The lowest BCUT2D eigenvalue weighted by atomic mass is 9.54. The van der Waals surface area contributed by atoms with Crippen LogP contribution in [0, 0.1) is 11.8 Å². The van der Waals surface area contributed by atoms with Crippen LogP contribution in [-0.4, -0.2) is 117 Å². The molecule has 1 aromatic carbocycles. The van der Waals surface area contributed by atoms with Gasteiger partial charge in [-0.25, -0.2) is 0 Å². The van der Waals surface area contributed by atoms with E-state index in [-0.39, 0.29) is 22.9 Å². The van der Waals surface area contributed by atoms with Crippen LogP contribution in [0.5, 0.6) is 5.75 Å². The minimum Gasteiger partial charge on any atom is -0.508 e. The number of rotatable bonds is 7. The van der Waals surface area contributed by atoms with Gasteiger partial charge in [0.15, 0.2) is 11.4 Å². The largest absolute Gasteiger partial charge is 0.508 e. The van der Waals surface area contributed by atoms with Crippen LogP contribution >= 0.6 is 0 Å². The van der Waals surface area contributed by atoms with Gasteiger partial charge < -0.3 is 41.1 Å². The Balaban J connectivity index is 1.69. The Morgan fingerprint density at radius 1 is 1.14 bits per heavy atom. The van der Waals surface area contributed by atoms with E-state index >= 15 is 0 Å². The highest BCUT2D eigenvalue weighted by molar-refractivity contribution is 6.24. The Labute approximate surface area is 257 Å². The van der Waals surface area contributed by atoms with Crippen molar-refractivity contribution < 1.29 is 39.9 Å². The number of aromatic hydroxyl groups is 1. The summed E-state index contributed by atoms with van der Waals surface area (Å²) in [6.45, 7) is 6.31. The van der Waals surface area contributed by atoms with Crippen molar-refractivity contribution in [2.75, 3.05) is 45.7 Å². The molecule has 1 saturated heterocycles. The number of ketones is 2. The number of aliphatic hydroxyl groups excluding tert-OH is 3. The summed E-state index contributed by atoms with van der Waals surface area (Å²) in [5.41, 5.74) is 2.18. The van der Waals surface area contributed by atoms with Gasteiger partial charge in [0.05, 0.1) is 29.3 Å². The number of benzene rings is 1. The van der Waals surface area contributed by atoms with Gasteiger partial charge in [-0.05, 0) is 71.0 Å². The van der Waals surface area contributed by atoms with Crippen molar-refractivity contribution in [3.05, 3.63) is 40.2 Å². The summed E-state index contributed by atoms with van der Waals surface area (Å²) < 4.78 is 0. The predicted octanol–water partition coefficient (Wildman–Crippen LogP) is 1.20. The SMILES string of the molecule is CCCCN(c1ccc2c(c1O)C(O)=C1C(=O)C3(O)C(O)=C(C(N)=O)C(=O)C(N(C)C)C3C(O)C1C2C)C1CCN(C)CC1. The molecule has 3 aliphatic carbocycles. The second-order valence-corrected chi connectivity index (χ2v) is 13.0. The monoisotopic (exact) mass is 612 g/mol. The van der Waals surface area contributed by atoms with E-state index < -0.39 is 70.1 Å². The Hall–Kier alpha value is -3.45. The number of Topliss-reactive ketones (excluding diaryl/α,β-unsaturated/α-hetero) is 2. The van der Waals surface area contributed by atoms with E-state index in [1.807, 2.05) is 6.07 Å². The van der Waals surface area contributed by atoms with Crippen LogP contribution < -0.4 is 10.6 Å². The molecule has 1 amide bonds. The molecule has 2 fully saturated rings. The molecule has 0 radical (unpaired) electrons. The van der Waals surface area contributed by atoms with E-state index in [0.29, 0.717) is 17.8 Å². The van der Waals surface area contributed by atoms with Gasteiger partial charge in [0.2, 0.25) is 5.78 Å². The first kappa shape index (κ1) is 32.0. The number of aliphatic hydroxyl groups is 4. The lowest BCUT2D eigenvalue weighted by Gasteiger charge is -2.53. The quantitative estimate of drug-likeness (QED) is 0.243. The van der Waals surface area contributed by atoms with Crippen molar-refractivity contribution in [1.29, 1.82) is 0 Å². The fraction of sp³-hybridized carbons (Fsp3) is 0.594. The fourth-order valence-corrected chi connectivity index (χ4v) is 7.97. The summed E-state index contributed by atoms with van der Waals surface area (Å²) >= 11 is 0. The number of phenolic OH excluding ortho intramolecular Hbond substituents is 1. The lowest BCUT2D eigenvalue weighted by molar-refractivity contribution is -0.169. The average molecular weight is 613 g/mol. The van der Waals surface area contributed by atoms with E-state index in [1.54, 1.807) is 13.0 Å². The van der Waals surface area contributed by atoms with Crippen molar-refractivity contribution in [2.24, 2.45) is 17.6 Å². The number of nitrogens with two attached hydrogens (primary N) is 1.